The maximum atomic E-state index is 10.9. The van der Waals surface area contributed by atoms with Crippen molar-refractivity contribution in [3.05, 3.63) is 17.6 Å². The van der Waals surface area contributed by atoms with Gasteiger partial charge < -0.3 is 5.32 Å². The van der Waals surface area contributed by atoms with Crippen LogP contribution in [0.5, 0.6) is 0 Å². The number of nitrogens with one attached hydrogen (secondary N) is 1. The summed E-state index contributed by atoms with van der Waals surface area (Å²) in [6, 6.07) is 1.94. The Morgan fingerprint density at radius 3 is 2.80 bits per heavy atom. The Morgan fingerprint density at radius 2 is 2.20 bits per heavy atom. The van der Waals surface area contributed by atoms with Crippen LogP contribution in [0.1, 0.15) is 18.4 Å². The molecule has 0 aliphatic carbocycles. The first-order chi connectivity index (χ1) is 7.11. The van der Waals surface area contributed by atoms with Crippen LogP contribution in [0, 0.1) is 6.92 Å². The van der Waals surface area contributed by atoms with Crippen molar-refractivity contribution in [2.75, 3.05) is 23.9 Å². The van der Waals surface area contributed by atoms with Gasteiger partial charge in [-0.3, -0.25) is 4.21 Å². The molecule has 0 fully saturated rings. The minimum atomic E-state index is -0.758. The summed E-state index contributed by atoms with van der Waals surface area (Å²) in [5, 5.41) is 3.15. The van der Waals surface area contributed by atoms with Crippen molar-refractivity contribution in [3.63, 3.8) is 0 Å². The van der Waals surface area contributed by atoms with Crippen molar-refractivity contribution in [2.24, 2.45) is 0 Å². The molecule has 0 aliphatic rings. The van der Waals surface area contributed by atoms with Gasteiger partial charge in [-0.05, 0) is 13.3 Å². The standard InChI is InChI=1S/C10H17N3OS/c1-4-9-7-10(13-8(2)12-9)11-5-6-15(3)14/h7H,4-6H2,1-3H3,(H,11,12,13). The lowest BCUT2D eigenvalue weighted by Gasteiger charge is -2.06. The van der Waals surface area contributed by atoms with Crippen LogP contribution < -0.4 is 5.32 Å². The smallest absolute Gasteiger partial charge is 0.129 e. The lowest BCUT2D eigenvalue weighted by Crippen LogP contribution is -2.11. The first-order valence-electron chi connectivity index (χ1n) is 5.00. The first kappa shape index (κ1) is 12.1. The van der Waals surface area contributed by atoms with Crippen LogP contribution in [0.15, 0.2) is 6.07 Å². The number of aromatic nitrogens is 2. The van der Waals surface area contributed by atoms with E-state index >= 15 is 0 Å². The average molecular weight is 227 g/mol. The summed E-state index contributed by atoms with van der Waals surface area (Å²) >= 11 is 0. The van der Waals surface area contributed by atoms with Crippen molar-refractivity contribution >= 4 is 16.6 Å². The second-order valence-electron chi connectivity index (χ2n) is 3.35. The van der Waals surface area contributed by atoms with Crippen molar-refractivity contribution in [2.45, 2.75) is 20.3 Å². The van der Waals surface area contributed by atoms with Gasteiger partial charge in [0.25, 0.3) is 0 Å². The molecule has 0 saturated heterocycles. The van der Waals surface area contributed by atoms with Gasteiger partial charge in [0.1, 0.15) is 11.6 Å². The summed E-state index contributed by atoms with van der Waals surface area (Å²) in [6.07, 6.45) is 2.60. The van der Waals surface area contributed by atoms with E-state index in [0.29, 0.717) is 12.3 Å². The molecule has 1 unspecified atom stereocenters. The summed E-state index contributed by atoms with van der Waals surface area (Å²) in [5.41, 5.74) is 1.03. The Morgan fingerprint density at radius 1 is 1.47 bits per heavy atom. The van der Waals surface area contributed by atoms with E-state index in [1.165, 1.54) is 0 Å². The van der Waals surface area contributed by atoms with Crippen molar-refractivity contribution in [1.82, 2.24) is 9.97 Å². The normalized spacial score (nSPS) is 12.5. The maximum absolute atomic E-state index is 10.9. The average Bonchev–Trinajstić information content (AvgIpc) is 2.16. The van der Waals surface area contributed by atoms with E-state index in [0.717, 1.165) is 23.8 Å². The van der Waals surface area contributed by atoms with Gasteiger partial charge in [0.2, 0.25) is 0 Å². The highest BCUT2D eigenvalue weighted by Gasteiger charge is 2.00. The number of nitrogens with zero attached hydrogens (tertiary/aromatic N) is 2. The molecule has 1 atom stereocenters. The fourth-order valence-electron chi connectivity index (χ4n) is 1.22. The number of aryl methyl sites for hydroxylation is 2. The summed E-state index contributed by atoms with van der Waals surface area (Å²) in [7, 11) is -0.758. The lowest BCUT2D eigenvalue weighted by atomic mass is 10.3. The summed E-state index contributed by atoms with van der Waals surface area (Å²) in [4.78, 5) is 8.54. The third-order valence-electron chi connectivity index (χ3n) is 1.95. The Bertz CT molecular complexity index is 355. The van der Waals surface area contributed by atoms with E-state index < -0.39 is 10.8 Å². The molecule has 15 heavy (non-hydrogen) atoms. The highest BCUT2D eigenvalue weighted by Crippen LogP contribution is 2.06. The van der Waals surface area contributed by atoms with Gasteiger partial charge in [0.15, 0.2) is 0 Å². The molecule has 0 amide bonds. The van der Waals surface area contributed by atoms with Crippen molar-refractivity contribution in [1.29, 1.82) is 0 Å². The molecule has 0 spiro atoms. The molecular weight excluding hydrogens is 210 g/mol. The molecule has 1 N–H and O–H groups in total. The van der Waals surface area contributed by atoms with Crippen molar-refractivity contribution in [3.8, 4) is 0 Å². The van der Waals surface area contributed by atoms with Crippen LogP contribution in [0.4, 0.5) is 5.82 Å². The molecule has 1 aromatic rings. The molecule has 0 radical (unpaired) electrons. The van der Waals surface area contributed by atoms with Gasteiger partial charge in [0, 0.05) is 41.1 Å². The van der Waals surface area contributed by atoms with Crippen LogP contribution in [-0.2, 0) is 17.2 Å². The van der Waals surface area contributed by atoms with E-state index in [2.05, 4.69) is 22.2 Å². The van der Waals surface area contributed by atoms with Gasteiger partial charge in [-0.25, -0.2) is 9.97 Å². The molecule has 0 saturated carbocycles. The number of hydrogen-bond acceptors (Lipinski definition) is 4. The molecule has 0 aromatic carbocycles. The van der Waals surface area contributed by atoms with Gasteiger partial charge in [0.05, 0.1) is 0 Å². The Balaban J connectivity index is 2.60. The largest absolute Gasteiger partial charge is 0.369 e. The molecule has 1 rings (SSSR count). The third-order valence-corrected chi connectivity index (χ3v) is 2.73. The molecule has 0 bridgehead atoms. The first-order valence-corrected chi connectivity index (χ1v) is 6.73. The predicted molar refractivity (Wildman–Crippen MR) is 63.6 cm³/mol. The third kappa shape index (κ3) is 4.38. The van der Waals surface area contributed by atoms with Crippen LogP contribution in [0.25, 0.3) is 0 Å². The Kier molecular flexibility index (Phi) is 4.68. The summed E-state index contributed by atoms with van der Waals surface area (Å²) < 4.78 is 10.9. The van der Waals surface area contributed by atoms with E-state index in [4.69, 9.17) is 0 Å². The zero-order valence-corrected chi connectivity index (χ0v) is 10.2. The molecule has 0 aliphatic heterocycles. The molecule has 1 heterocycles. The van der Waals surface area contributed by atoms with E-state index in [1.54, 1.807) is 6.26 Å². The van der Waals surface area contributed by atoms with Crippen LogP contribution in [-0.4, -0.2) is 32.7 Å². The highest BCUT2D eigenvalue weighted by atomic mass is 32.2. The quantitative estimate of drug-likeness (QED) is 0.819. The molecule has 1 aromatic heterocycles. The van der Waals surface area contributed by atoms with Gasteiger partial charge >= 0.3 is 0 Å². The minimum Gasteiger partial charge on any atom is -0.369 e. The zero-order valence-electron chi connectivity index (χ0n) is 9.41. The van der Waals surface area contributed by atoms with E-state index in [9.17, 15) is 4.21 Å². The van der Waals surface area contributed by atoms with Gasteiger partial charge in [-0.15, -0.1) is 0 Å². The maximum Gasteiger partial charge on any atom is 0.129 e. The molecular formula is C10H17N3OS. The molecule has 84 valence electrons. The molecule has 5 heteroatoms. The fraction of sp³-hybridized carbons (Fsp3) is 0.600. The number of hydrogen-bond donors (Lipinski definition) is 1. The topological polar surface area (TPSA) is 54.9 Å². The monoisotopic (exact) mass is 227 g/mol. The second-order valence-corrected chi connectivity index (χ2v) is 4.90. The fourth-order valence-corrected chi connectivity index (χ4v) is 1.61. The SMILES string of the molecule is CCc1cc(NCCS(C)=O)nc(C)n1. The van der Waals surface area contributed by atoms with E-state index in [-0.39, 0.29) is 0 Å². The minimum absolute atomic E-state index is 0.643. The number of anilines is 1. The van der Waals surface area contributed by atoms with E-state index in [1.807, 2.05) is 13.0 Å². The highest BCUT2D eigenvalue weighted by molar-refractivity contribution is 7.84. The summed E-state index contributed by atoms with van der Waals surface area (Å²) in [5.74, 6) is 2.24. The zero-order chi connectivity index (χ0) is 11.3. The van der Waals surface area contributed by atoms with Crippen molar-refractivity contribution < 1.29 is 4.21 Å². The van der Waals surface area contributed by atoms with Gasteiger partial charge in [-0.1, -0.05) is 6.92 Å². The van der Waals surface area contributed by atoms with Gasteiger partial charge in [-0.2, -0.15) is 0 Å². The van der Waals surface area contributed by atoms with Crippen LogP contribution in [0.3, 0.4) is 0 Å². The number of rotatable bonds is 5. The van der Waals surface area contributed by atoms with Crippen LogP contribution in [0.2, 0.25) is 0 Å². The Hall–Kier alpha value is -0.970. The Labute approximate surface area is 93.0 Å². The molecule has 4 nitrogen and oxygen atoms in total. The van der Waals surface area contributed by atoms with Crippen LogP contribution >= 0.6 is 0 Å². The lowest BCUT2D eigenvalue weighted by molar-refractivity contribution is 0.687. The second kappa shape index (κ2) is 5.80. The predicted octanol–water partition coefficient (Wildman–Crippen LogP) is 1.14. The summed E-state index contributed by atoms with van der Waals surface area (Å²) in [6.45, 7) is 4.62.